The molecule has 0 aromatic carbocycles. The number of thiazole rings is 1. The summed E-state index contributed by atoms with van der Waals surface area (Å²) in [6.45, 7) is 6.05. The van der Waals surface area contributed by atoms with Crippen LogP contribution in [-0.4, -0.2) is 31.4 Å². The SMILES string of the molecule is Cc1cnc(NC(=O)CSc2nncn2C(C)C)s1. The van der Waals surface area contributed by atoms with Crippen molar-refractivity contribution in [3.63, 3.8) is 0 Å². The monoisotopic (exact) mass is 297 g/mol. The Morgan fingerprint density at radius 3 is 3.00 bits per heavy atom. The van der Waals surface area contributed by atoms with Crippen LogP contribution in [0.3, 0.4) is 0 Å². The van der Waals surface area contributed by atoms with Crippen LogP contribution >= 0.6 is 23.1 Å². The number of aryl methyl sites for hydroxylation is 1. The maximum atomic E-state index is 11.8. The van der Waals surface area contributed by atoms with Crippen molar-refractivity contribution in [3.05, 3.63) is 17.4 Å². The minimum absolute atomic E-state index is 0.0855. The van der Waals surface area contributed by atoms with Crippen molar-refractivity contribution in [1.29, 1.82) is 0 Å². The average molecular weight is 297 g/mol. The van der Waals surface area contributed by atoms with Gasteiger partial charge in [0.2, 0.25) is 5.91 Å². The predicted octanol–water partition coefficient (Wildman–Crippen LogP) is 2.35. The normalized spacial score (nSPS) is 10.9. The van der Waals surface area contributed by atoms with Crippen molar-refractivity contribution < 1.29 is 4.79 Å². The molecule has 2 aromatic heterocycles. The number of thioether (sulfide) groups is 1. The second kappa shape index (κ2) is 6.16. The van der Waals surface area contributed by atoms with Crippen molar-refractivity contribution in [2.45, 2.75) is 32.0 Å². The van der Waals surface area contributed by atoms with Crippen molar-refractivity contribution in [2.24, 2.45) is 0 Å². The molecular weight excluding hydrogens is 282 g/mol. The van der Waals surface area contributed by atoms with Gasteiger partial charge in [-0.3, -0.25) is 4.79 Å². The summed E-state index contributed by atoms with van der Waals surface area (Å²) in [6.07, 6.45) is 3.41. The molecule has 102 valence electrons. The fourth-order valence-electron chi connectivity index (χ4n) is 1.39. The van der Waals surface area contributed by atoms with Crippen LogP contribution in [0.1, 0.15) is 24.8 Å². The molecule has 6 nitrogen and oxygen atoms in total. The molecule has 0 aliphatic heterocycles. The third-order valence-electron chi connectivity index (χ3n) is 2.30. The van der Waals surface area contributed by atoms with Gasteiger partial charge in [0.25, 0.3) is 0 Å². The number of nitrogens with one attached hydrogen (secondary N) is 1. The molecule has 0 radical (unpaired) electrons. The van der Waals surface area contributed by atoms with Crippen molar-refractivity contribution in [3.8, 4) is 0 Å². The Balaban J connectivity index is 1.88. The Morgan fingerprint density at radius 2 is 2.37 bits per heavy atom. The van der Waals surface area contributed by atoms with E-state index in [1.54, 1.807) is 12.5 Å². The van der Waals surface area contributed by atoms with E-state index in [2.05, 4.69) is 20.5 Å². The summed E-state index contributed by atoms with van der Waals surface area (Å²) in [7, 11) is 0. The Morgan fingerprint density at radius 1 is 1.58 bits per heavy atom. The van der Waals surface area contributed by atoms with Gasteiger partial charge in [-0.05, 0) is 20.8 Å². The first-order valence-electron chi connectivity index (χ1n) is 5.81. The van der Waals surface area contributed by atoms with Crippen molar-refractivity contribution in [2.75, 3.05) is 11.1 Å². The Bertz CT molecular complexity index is 563. The number of anilines is 1. The maximum Gasteiger partial charge on any atom is 0.236 e. The third kappa shape index (κ3) is 3.77. The zero-order valence-electron chi connectivity index (χ0n) is 11.0. The van der Waals surface area contributed by atoms with Gasteiger partial charge < -0.3 is 9.88 Å². The summed E-state index contributed by atoms with van der Waals surface area (Å²) in [6, 6.07) is 0.280. The molecule has 0 bridgehead atoms. The first-order valence-corrected chi connectivity index (χ1v) is 7.61. The van der Waals surface area contributed by atoms with Crippen LogP contribution in [-0.2, 0) is 4.79 Å². The summed E-state index contributed by atoms with van der Waals surface area (Å²) in [5, 5.41) is 12.0. The van der Waals surface area contributed by atoms with E-state index in [0.29, 0.717) is 10.9 Å². The quantitative estimate of drug-likeness (QED) is 0.858. The van der Waals surface area contributed by atoms with E-state index in [4.69, 9.17) is 0 Å². The van der Waals surface area contributed by atoms with E-state index < -0.39 is 0 Å². The summed E-state index contributed by atoms with van der Waals surface area (Å²) in [5.41, 5.74) is 0. The summed E-state index contributed by atoms with van der Waals surface area (Å²) in [4.78, 5) is 16.9. The fraction of sp³-hybridized carbons (Fsp3) is 0.455. The number of carbonyl (C=O) groups is 1. The molecule has 0 atom stereocenters. The molecule has 0 spiro atoms. The van der Waals surface area contributed by atoms with Gasteiger partial charge in [-0.1, -0.05) is 11.8 Å². The number of hydrogen-bond acceptors (Lipinski definition) is 6. The molecule has 8 heteroatoms. The molecule has 0 saturated carbocycles. The van der Waals surface area contributed by atoms with Gasteiger partial charge in [-0.15, -0.1) is 21.5 Å². The smallest absolute Gasteiger partial charge is 0.236 e. The zero-order chi connectivity index (χ0) is 13.8. The van der Waals surface area contributed by atoms with Gasteiger partial charge in [-0.25, -0.2) is 4.98 Å². The summed E-state index contributed by atoms with van der Waals surface area (Å²) < 4.78 is 1.94. The lowest BCUT2D eigenvalue weighted by Gasteiger charge is -2.08. The van der Waals surface area contributed by atoms with Crippen LogP contribution in [0, 0.1) is 6.92 Å². The number of aromatic nitrogens is 4. The highest BCUT2D eigenvalue weighted by molar-refractivity contribution is 7.99. The number of carbonyl (C=O) groups excluding carboxylic acids is 1. The molecule has 2 rings (SSSR count). The molecular formula is C11H15N5OS2. The van der Waals surface area contributed by atoms with Gasteiger partial charge in [0.1, 0.15) is 6.33 Å². The van der Waals surface area contributed by atoms with E-state index in [-0.39, 0.29) is 11.9 Å². The highest BCUT2D eigenvalue weighted by Crippen LogP contribution is 2.20. The van der Waals surface area contributed by atoms with Crippen LogP contribution in [0.15, 0.2) is 17.7 Å². The summed E-state index contributed by atoms with van der Waals surface area (Å²) >= 11 is 2.83. The number of hydrogen-bond donors (Lipinski definition) is 1. The van der Waals surface area contributed by atoms with Crippen LogP contribution in [0.5, 0.6) is 0 Å². The Kier molecular flexibility index (Phi) is 4.54. The molecule has 0 unspecified atom stereocenters. The minimum atomic E-state index is -0.0855. The van der Waals surface area contributed by atoms with Crippen LogP contribution in [0.4, 0.5) is 5.13 Å². The van der Waals surface area contributed by atoms with Gasteiger partial charge in [0.05, 0.1) is 5.75 Å². The lowest BCUT2D eigenvalue weighted by molar-refractivity contribution is -0.113. The summed E-state index contributed by atoms with van der Waals surface area (Å²) in [5.74, 6) is 0.210. The molecule has 1 amide bonds. The lowest BCUT2D eigenvalue weighted by Crippen LogP contribution is -2.14. The van der Waals surface area contributed by atoms with E-state index in [1.165, 1.54) is 23.1 Å². The average Bonchev–Trinajstić information content (AvgIpc) is 2.95. The number of nitrogens with zero attached hydrogens (tertiary/aromatic N) is 4. The molecule has 2 aromatic rings. The van der Waals surface area contributed by atoms with E-state index in [1.807, 2.05) is 25.3 Å². The molecule has 0 aliphatic rings. The number of amides is 1. The van der Waals surface area contributed by atoms with Crippen LogP contribution in [0.25, 0.3) is 0 Å². The highest BCUT2D eigenvalue weighted by atomic mass is 32.2. The van der Waals surface area contributed by atoms with Crippen molar-refractivity contribution >= 4 is 34.1 Å². The highest BCUT2D eigenvalue weighted by Gasteiger charge is 2.11. The molecule has 0 aliphatic carbocycles. The fourth-order valence-corrected chi connectivity index (χ4v) is 2.91. The van der Waals surface area contributed by atoms with Gasteiger partial charge in [0.15, 0.2) is 10.3 Å². The van der Waals surface area contributed by atoms with Gasteiger partial charge >= 0.3 is 0 Å². The van der Waals surface area contributed by atoms with E-state index >= 15 is 0 Å². The van der Waals surface area contributed by atoms with E-state index in [9.17, 15) is 4.79 Å². The topological polar surface area (TPSA) is 72.7 Å². The predicted molar refractivity (Wildman–Crippen MR) is 76.6 cm³/mol. The van der Waals surface area contributed by atoms with Crippen LogP contribution in [0.2, 0.25) is 0 Å². The molecule has 19 heavy (non-hydrogen) atoms. The van der Waals surface area contributed by atoms with Crippen LogP contribution < -0.4 is 5.32 Å². The second-order valence-electron chi connectivity index (χ2n) is 4.23. The van der Waals surface area contributed by atoms with Crippen molar-refractivity contribution in [1.82, 2.24) is 19.7 Å². The first kappa shape index (κ1) is 14.0. The third-order valence-corrected chi connectivity index (χ3v) is 4.08. The first-order chi connectivity index (χ1) is 9.06. The zero-order valence-corrected chi connectivity index (χ0v) is 12.6. The largest absolute Gasteiger partial charge is 0.306 e. The minimum Gasteiger partial charge on any atom is -0.306 e. The standard InChI is InChI=1S/C11H15N5OS2/c1-7(2)16-6-13-15-11(16)18-5-9(17)14-10-12-4-8(3)19-10/h4,6-7H,5H2,1-3H3,(H,12,14,17). The second-order valence-corrected chi connectivity index (χ2v) is 6.40. The molecule has 1 N–H and O–H groups in total. The Hall–Kier alpha value is -1.41. The molecule has 2 heterocycles. The Labute approximate surface area is 119 Å². The molecule has 0 saturated heterocycles. The lowest BCUT2D eigenvalue weighted by atomic mass is 10.4. The number of rotatable bonds is 5. The maximum absolute atomic E-state index is 11.8. The van der Waals surface area contributed by atoms with E-state index in [0.717, 1.165) is 10.0 Å². The van der Waals surface area contributed by atoms with Gasteiger partial charge in [-0.2, -0.15) is 0 Å². The van der Waals surface area contributed by atoms with Gasteiger partial charge in [0, 0.05) is 17.1 Å². The molecule has 0 fully saturated rings.